The minimum absolute atomic E-state index is 0.203. The molecule has 0 N–H and O–H groups in total. The minimum atomic E-state index is 0.203. The fraction of sp³-hybridized carbons (Fsp3) is 0.944. The molecule has 1 saturated heterocycles. The lowest BCUT2D eigenvalue weighted by molar-refractivity contribution is -0.142. The monoisotopic (exact) mass is 360 g/mol. The van der Waals surface area contributed by atoms with Crippen molar-refractivity contribution < 1.29 is 4.79 Å². The molecular weight excluding hydrogens is 331 g/mol. The van der Waals surface area contributed by atoms with E-state index in [2.05, 4.69) is 16.7 Å². The summed E-state index contributed by atoms with van der Waals surface area (Å²) in [7, 11) is 0. The molecule has 0 bridgehead atoms. The van der Waals surface area contributed by atoms with E-state index in [1.54, 1.807) is 6.92 Å². The first-order valence-corrected chi connectivity index (χ1v) is 10.2. The highest BCUT2D eigenvalue weighted by atomic mass is 35.5. The third-order valence-electron chi connectivity index (χ3n) is 6.17. The van der Waals surface area contributed by atoms with Crippen molar-refractivity contribution in [2.24, 2.45) is 5.92 Å². The molecule has 0 aromatic rings. The zero-order valence-electron chi connectivity index (χ0n) is 14.4. The molecule has 1 amide bonds. The zero-order chi connectivity index (χ0) is 16.6. The fourth-order valence-electron chi connectivity index (χ4n) is 5.12. The number of fused-ring (bicyclic) bond motifs is 1. The Balaban J connectivity index is 1.70. The van der Waals surface area contributed by atoms with Crippen molar-refractivity contribution in [2.75, 3.05) is 13.1 Å². The number of halogens is 2. The van der Waals surface area contributed by atoms with E-state index in [0.29, 0.717) is 24.0 Å². The van der Waals surface area contributed by atoms with Crippen LogP contribution in [0, 0.1) is 5.92 Å². The molecule has 5 heteroatoms. The summed E-state index contributed by atoms with van der Waals surface area (Å²) in [6, 6.07) is 1.24. The number of nitrogens with zero attached hydrogens (tertiary/aromatic N) is 2. The Morgan fingerprint density at radius 3 is 2.43 bits per heavy atom. The molecule has 3 rings (SSSR count). The SMILES string of the molecule is CC(=O)N1C2CCCCC2N(CC2CCC(Cl)CC2Cl)C[C@@H]1C. The summed E-state index contributed by atoms with van der Waals surface area (Å²) in [5.74, 6) is 0.789. The largest absolute Gasteiger partial charge is 0.334 e. The van der Waals surface area contributed by atoms with Gasteiger partial charge in [-0.15, -0.1) is 23.2 Å². The first kappa shape index (κ1) is 17.8. The number of hydrogen-bond donors (Lipinski definition) is 0. The molecule has 0 aromatic carbocycles. The molecule has 132 valence electrons. The van der Waals surface area contributed by atoms with E-state index < -0.39 is 0 Å². The van der Waals surface area contributed by atoms with Gasteiger partial charge in [0.25, 0.3) is 0 Å². The minimum Gasteiger partial charge on any atom is -0.334 e. The van der Waals surface area contributed by atoms with E-state index in [0.717, 1.165) is 38.8 Å². The Morgan fingerprint density at radius 2 is 1.78 bits per heavy atom. The fourth-order valence-corrected chi connectivity index (χ4v) is 5.95. The number of amides is 1. The van der Waals surface area contributed by atoms with E-state index in [1.165, 1.54) is 19.3 Å². The summed E-state index contributed by atoms with van der Waals surface area (Å²) in [4.78, 5) is 16.9. The lowest BCUT2D eigenvalue weighted by Crippen LogP contribution is -2.65. The molecule has 0 aromatic heterocycles. The highest BCUT2D eigenvalue weighted by Crippen LogP contribution is 2.37. The summed E-state index contributed by atoms with van der Waals surface area (Å²) in [5, 5.41) is 0.457. The Hall–Kier alpha value is 0.01000. The summed E-state index contributed by atoms with van der Waals surface area (Å²) in [5.41, 5.74) is 0. The number of piperazine rings is 1. The van der Waals surface area contributed by atoms with Gasteiger partial charge in [0.05, 0.1) is 0 Å². The van der Waals surface area contributed by atoms with E-state index in [-0.39, 0.29) is 16.7 Å². The first-order chi connectivity index (χ1) is 11.0. The van der Waals surface area contributed by atoms with Gasteiger partial charge in [-0.3, -0.25) is 9.69 Å². The van der Waals surface area contributed by atoms with Crippen LogP contribution in [0.15, 0.2) is 0 Å². The third-order valence-corrected chi connectivity index (χ3v) is 7.10. The van der Waals surface area contributed by atoms with E-state index >= 15 is 0 Å². The Labute approximate surface area is 150 Å². The van der Waals surface area contributed by atoms with Crippen LogP contribution in [0.3, 0.4) is 0 Å². The average Bonchev–Trinajstić information content (AvgIpc) is 2.49. The molecule has 5 unspecified atom stereocenters. The second-order valence-electron chi connectivity index (χ2n) is 7.83. The van der Waals surface area contributed by atoms with Crippen molar-refractivity contribution in [3.63, 3.8) is 0 Å². The third kappa shape index (κ3) is 3.82. The topological polar surface area (TPSA) is 23.6 Å². The maximum atomic E-state index is 12.1. The standard InChI is InChI=1S/C18H30Cl2N2O/c1-12-10-21(11-14-7-8-15(19)9-16(14)20)17-5-3-4-6-18(17)22(12)13(2)23/h12,14-18H,3-11H2,1-2H3/t12-,14?,15?,16?,17?,18?/m0/s1. The molecule has 3 nitrogen and oxygen atoms in total. The number of hydrogen-bond acceptors (Lipinski definition) is 2. The molecule has 2 saturated carbocycles. The highest BCUT2D eigenvalue weighted by molar-refractivity contribution is 6.23. The van der Waals surface area contributed by atoms with Gasteiger partial charge in [0, 0.05) is 48.9 Å². The van der Waals surface area contributed by atoms with E-state index in [4.69, 9.17) is 23.2 Å². The van der Waals surface area contributed by atoms with Crippen LogP contribution >= 0.6 is 23.2 Å². The number of rotatable bonds is 2. The van der Waals surface area contributed by atoms with Crippen LogP contribution in [0.25, 0.3) is 0 Å². The van der Waals surface area contributed by atoms with Gasteiger partial charge in [-0.2, -0.15) is 0 Å². The second-order valence-corrected chi connectivity index (χ2v) is 9.01. The molecule has 6 atom stereocenters. The smallest absolute Gasteiger partial charge is 0.220 e. The molecular formula is C18H30Cl2N2O. The van der Waals surface area contributed by atoms with Crippen LogP contribution in [-0.4, -0.2) is 57.7 Å². The van der Waals surface area contributed by atoms with Gasteiger partial charge in [-0.05, 0) is 44.9 Å². The number of carbonyl (C=O) groups is 1. The van der Waals surface area contributed by atoms with Crippen LogP contribution in [0.1, 0.15) is 58.8 Å². The normalized spacial score (nSPS) is 42.3. The maximum absolute atomic E-state index is 12.1. The van der Waals surface area contributed by atoms with Crippen molar-refractivity contribution in [3.05, 3.63) is 0 Å². The molecule has 2 aliphatic carbocycles. The van der Waals surface area contributed by atoms with Gasteiger partial charge in [-0.25, -0.2) is 0 Å². The van der Waals surface area contributed by atoms with Gasteiger partial charge >= 0.3 is 0 Å². The molecule has 23 heavy (non-hydrogen) atoms. The van der Waals surface area contributed by atoms with Gasteiger partial charge in [0.1, 0.15) is 0 Å². The van der Waals surface area contributed by atoms with Gasteiger partial charge < -0.3 is 4.90 Å². The molecule has 3 aliphatic rings. The van der Waals surface area contributed by atoms with Crippen molar-refractivity contribution >= 4 is 29.1 Å². The van der Waals surface area contributed by atoms with Gasteiger partial charge in [-0.1, -0.05) is 12.8 Å². The van der Waals surface area contributed by atoms with Crippen molar-refractivity contribution in [1.82, 2.24) is 9.80 Å². The lowest BCUT2D eigenvalue weighted by atomic mass is 9.82. The summed E-state index contributed by atoms with van der Waals surface area (Å²) >= 11 is 12.9. The van der Waals surface area contributed by atoms with Crippen LogP contribution < -0.4 is 0 Å². The molecule has 0 radical (unpaired) electrons. The van der Waals surface area contributed by atoms with Crippen LogP contribution in [0.2, 0.25) is 0 Å². The zero-order valence-corrected chi connectivity index (χ0v) is 15.9. The van der Waals surface area contributed by atoms with E-state index in [9.17, 15) is 4.79 Å². The van der Waals surface area contributed by atoms with Crippen LogP contribution in [0.5, 0.6) is 0 Å². The lowest BCUT2D eigenvalue weighted by Gasteiger charge is -2.54. The van der Waals surface area contributed by atoms with Crippen LogP contribution in [-0.2, 0) is 4.79 Å². The van der Waals surface area contributed by atoms with Gasteiger partial charge in [0.2, 0.25) is 5.91 Å². The van der Waals surface area contributed by atoms with Gasteiger partial charge in [0.15, 0.2) is 0 Å². The summed E-state index contributed by atoms with van der Waals surface area (Å²) in [6.07, 6.45) is 8.08. The summed E-state index contributed by atoms with van der Waals surface area (Å²) in [6.45, 7) is 6.00. The maximum Gasteiger partial charge on any atom is 0.220 e. The van der Waals surface area contributed by atoms with E-state index in [1.807, 2.05) is 0 Å². The average molecular weight is 361 g/mol. The first-order valence-electron chi connectivity index (χ1n) is 9.28. The van der Waals surface area contributed by atoms with Crippen molar-refractivity contribution in [1.29, 1.82) is 0 Å². The predicted octanol–water partition coefficient (Wildman–Crippen LogP) is 3.87. The quantitative estimate of drug-likeness (QED) is 0.697. The molecule has 0 spiro atoms. The Bertz CT molecular complexity index is 433. The van der Waals surface area contributed by atoms with Crippen LogP contribution in [0.4, 0.5) is 0 Å². The molecule has 1 heterocycles. The molecule has 1 aliphatic heterocycles. The number of carbonyl (C=O) groups excluding carboxylic acids is 1. The highest BCUT2D eigenvalue weighted by Gasteiger charge is 2.43. The predicted molar refractivity (Wildman–Crippen MR) is 96.2 cm³/mol. The second kappa shape index (κ2) is 7.49. The Kier molecular flexibility index (Phi) is 5.81. The molecule has 3 fully saturated rings. The van der Waals surface area contributed by atoms with Crippen molar-refractivity contribution in [2.45, 2.75) is 87.7 Å². The van der Waals surface area contributed by atoms with Crippen molar-refractivity contribution in [3.8, 4) is 0 Å². The number of alkyl halides is 2. The summed E-state index contributed by atoms with van der Waals surface area (Å²) < 4.78 is 0. The Morgan fingerprint density at radius 1 is 1.09 bits per heavy atom.